The van der Waals surface area contributed by atoms with Gasteiger partial charge in [-0.25, -0.2) is 8.42 Å². The van der Waals surface area contributed by atoms with Gasteiger partial charge in [-0.15, -0.1) is 11.3 Å². The Morgan fingerprint density at radius 2 is 2.04 bits per heavy atom. The van der Waals surface area contributed by atoms with Crippen molar-refractivity contribution >= 4 is 50.3 Å². The van der Waals surface area contributed by atoms with Gasteiger partial charge in [0.2, 0.25) is 0 Å². The predicted molar refractivity (Wildman–Crippen MR) is 109 cm³/mol. The Balaban J connectivity index is 1.93. The molecule has 0 aliphatic carbocycles. The average Bonchev–Trinajstić information content (AvgIpc) is 3.24. The van der Waals surface area contributed by atoms with Crippen molar-refractivity contribution in [3.63, 3.8) is 0 Å². The third-order valence-electron chi connectivity index (χ3n) is 4.35. The summed E-state index contributed by atoms with van der Waals surface area (Å²) in [4.78, 5) is 15.8. The van der Waals surface area contributed by atoms with Crippen LogP contribution >= 0.6 is 34.5 Å². The lowest BCUT2D eigenvalue weighted by molar-refractivity contribution is 0.0683. The zero-order valence-electron chi connectivity index (χ0n) is 14.7. The van der Waals surface area contributed by atoms with Gasteiger partial charge in [0.05, 0.1) is 34.7 Å². The first kappa shape index (κ1) is 20.5. The van der Waals surface area contributed by atoms with Crippen LogP contribution in [-0.4, -0.2) is 43.4 Å². The van der Waals surface area contributed by atoms with E-state index < -0.39 is 9.84 Å². The summed E-state index contributed by atoms with van der Waals surface area (Å²) < 4.78 is 29.3. The van der Waals surface area contributed by atoms with E-state index in [2.05, 4.69) is 0 Å². The van der Waals surface area contributed by atoms with Crippen molar-refractivity contribution in [1.29, 1.82) is 0 Å². The van der Waals surface area contributed by atoms with Crippen molar-refractivity contribution in [3.8, 4) is 5.75 Å². The third kappa shape index (κ3) is 4.77. The number of ether oxygens (including phenoxy) is 1. The normalized spacial score (nSPS) is 18.4. The van der Waals surface area contributed by atoms with E-state index in [-0.39, 0.29) is 33.5 Å². The molecule has 2 heterocycles. The van der Waals surface area contributed by atoms with Gasteiger partial charge in [-0.3, -0.25) is 4.79 Å². The molecular weight excluding hydrogens is 429 g/mol. The van der Waals surface area contributed by atoms with Gasteiger partial charge in [-0.05, 0) is 36.9 Å². The fourth-order valence-electron chi connectivity index (χ4n) is 3.09. The minimum Gasteiger partial charge on any atom is -0.491 e. The van der Waals surface area contributed by atoms with Crippen LogP contribution in [-0.2, 0) is 16.4 Å². The Morgan fingerprint density at radius 3 is 2.56 bits per heavy atom. The Bertz CT molecular complexity index is 906. The number of carbonyl (C=O) groups excluding carboxylic acids is 1. The highest BCUT2D eigenvalue weighted by atomic mass is 35.5. The zero-order chi connectivity index (χ0) is 19.6. The van der Waals surface area contributed by atoms with Crippen LogP contribution in [0.25, 0.3) is 0 Å². The van der Waals surface area contributed by atoms with E-state index in [0.717, 1.165) is 4.88 Å². The molecule has 1 saturated heterocycles. The highest BCUT2D eigenvalue weighted by Crippen LogP contribution is 2.35. The van der Waals surface area contributed by atoms with Crippen molar-refractivity contribution in [2.45, 2.75) is 25.9 Å². The van der Waals surface area contributed by atoms with E-state index in [1.807, 2.05) is 24.4 Å². The quantitative estimate of drug-likeness (QED) is 0.662. The van der Waals surface area contributed by atoms with Gasteiger partial charge >= 0.3 is 0 Å². The van der Waals surface area contributed by atoms with Gasteiger partial charge in [0.1, 0.15) is 0 Å². The molecule has 1 fully saturated rings. The van der Waals surface area contributed by atoms with Gasteiger partial charge < -0.3 is 9.64 Å². The maximum absolute atomic E-state index is 13.2. The van der Waals surface area contributed by atoms with Crippen molar-refractivity contribution < 1.29 is 17.9 Å². The van der Waals surface area contributed by atoms with E-state index in [0.29, 0.717) is 30.9 Å². The van der Waals surface area contributed by atoms with Gasteiger partial charge in [-0.1, -0.05) is 29.3 Å². The molecule has 5 nitrogen and oxygen atoms in total. The molecule has 1 aromatic carbocycles. The molecule has 0 unspecified atom stereocenters. The molecule has 3 rings (SSSR count). The molecule has 2 aromatic rings. The van der Waals surface area contributed by atoms with E-state index >= 15 is 0 Å². The van der Waals surface area contributed by atoms with Gasteiger partial charge in [0.25, 0.3) is 5.91 Å². The molecule has 27 heavy (non-hydrogen) atoms. The van der Waals surface area contributed by atoms with E-state index in [4.69, 9.17) is 27.9 Å². The fraction of sp³-hybridized carbons (Fsp3) is 0.389. The standard InChI is InChI=1S/C18H19Cl2NO4S2/c1-2-25-17-15(19)8-12(9-16(17)20)18(22)21(10-14-4-3-6-26-14)13-5-7-27(23,24)11-13/h3-4,6,8-9,13H,2,5,7,10-11H2,1H3/t13-/m1/s1. The summed E-state index contributed by atoms with van der Waals surface area (Å²) in [5, 5.41) is 2.43. The molecule has 0 N–H and O–H groups in total. The van der Waals surface area contributed by atoms with Crippen molar-refractivity contribution in [1.82, 2.24) is 4.90 Å². The van der Waals surface area contributed by atoms with Crippen LogP contribution in [0.1, 0.15) is 28.6 Å². The number of amides is 1. The lowest BCUT2D eigenvalue weighted by Crippen LogP contribution is -2.40. The molecule has 0 bridgehead atoms. The highest BCUT2D eigenvalue weighted by molar-refractivity contribution is 7.91. The molecule has 1 amide bonds. The van der Waals surface area contributed by atoms with Crippen LogP contribution in [0, 0.1) is 0 Å². The van der Waals surface area contributed by atoms with Crippen molar-refractivity contribution in [2.24, 2.45) is 0 Å². The lowest BCUT2D eigenvalue weighted by atomic mass is 10.1. The van der Waals surface area contributed by atoms with Crippen LogP contribution in [0.15, 0.2) is 29.6 Å². The first-order valence-electron chi connectivity index (χ1n) is 8.46. The molecule has 0 saturated carbocycles. The monoisotopic (exact) mass is 447 g/mol. The second-order valence-electron chi connectivity index (χ2n) is 6.27. The number of hydrogen-bond donors (Lipinski definition) is 0. The Morgan fingerprint density at radius 1 is 1.33 bits per heavy atom. The topological polar surface area (TPSA) is 63.7 Å². The molecule has 1 aliphatic heterocycles. The third-order valence-corrected chi connectivity index (χ3v) is 7.52. The lowest BCUT2D eigenvalue weighted by Gasteiger charge is -2.28. The second kappa shape index (κ2) is 8.39. The van der Waals surface area contributed by atoms with E-state index in [1.165, 1.54) is 23.5 Å². The Kier molecular flexibility index (Phi) is 6.35. The molecule has 1 atom stereocenters. The molecule has 1 aromatic heterocycles. The Hall–Kier alpha value is -1.28. The number of sulfone groups is 1. The number of rotatable bonds is 6. The molecule has 0 radical (unpaired) electrons. The van der Waals surface area contributed by atoms with Gasteiger partial charge in [-0.2, -0.15) is 0 Å². The number of nitrogens with zero attached hydrogens (tertiary/aromatic N) is 1. The van der Waals surface area contributed by atoms with Gasteiger partial charge in [0.15, 0.2) is 15.6 Å². The number of hydrogen-bond acceptors (Lipinski definition) is 5. The molecule has 9 heteroatoms. The average molecular weight is 448 g/mol. The minimum atomic E-state index is -3.13. The largest absolute Gasteiger partial charge is 0.491 e. The maximum Gasteiger partial charge on any atom is 0.254 e. The van der Waals surface area contributed by atoms with Crippen molar-refractivity contribution in [2.75, 3.05) is 18.1 Å². The first-order chi connectivity index (χ1) is 12.8. The summed E-state index contributed by atoms with van der Waals surface area (Å²) in [6.07, 6.45) is 0.429. The summed E-state index contributed by atoms with van der Waals surface area (Å²) in [5.74, 6) is 0.113. The van der Waals surface area contributed by atoms with Crippen LogP contribution in [0.4, 0.5) is 0 Å². The molecule has 0 spiro atoms. The van der Waals surface area contributed by atoms with E-state index in [1.54, 1.807) is 4.90 Å². The zero-order valence-corrected chi connectivity index (χ0v) is 17.8. The van der Waals surface area contributed by atoms with Crippen LogP contribution < -0.4 is 4.74 Å². The number of carbonyl (C=O) groups is 1. The van der Waals surface area contributed by atoms with Crippen LogP contribution in [0.3, 0.4) is 0 Å². The SMILES string of the molecule is CCOc1c(Cl)cc(C(=O)N(Cc2cccs2)[C@@H]2CCS(=O)(=O)C2)cc1Cl. The predicted octanol–water partition coefficient (Wildman–Crippen LogP) is 4.28. The molecule has 146 valence electrons. The van der Waals surface area contributed by atoms with E-state index in [9.17, 15) is 13.2 Å². The number of benzene rings is 1. The fourth-order valence-corrected chi connectivity index (χ4v) is 6.12. The summed E-state index contributed by atoms with van der Waals surface area (Å²) in [6, 6.07) is 6.50. The minimum absolute atomic E-state index is 0.0252. The molecular formula is C18H19Cl2NO4S2. The second-order valence-corrected chi connectivity index (χ2v) is 10.3. The Labute approximate surface area is 172 Å². The van der Waals surface area contributed by atoms with Crippen molar-refractivity contribution in [3.05, 3.63) is 50.1 Å². The van der Waals surface area contributed by atoms with Crippen LogP contribution in [0.5, 0.6) is 5.75 Å². The summed E-state index contributed by atoms with van der Waals surface area (Å²) in [6.45, 7) is 2.56. The van der Waals surface area contributed by atoms with Gasteiger partial charge in [0, 0.05) is 16.5 Å². The summed E-state index contributed by atoms with van der Waals surface area (Å²) in [5.41, 5.74) is 0.314. The number of halogens is 2. The summed E-state index contributed by atoms with van der Waals surface area (Å²) >= 11 is 14.0. The highest BCUT2D eigenvalue weighted by Gasteiger charge is 2.35. The smallest absolute Gasteiger partial charge is 0.254 e. The summed E-state index contributed by atoms with van der Waals surface area (Å²) in [7, 11) is -3.13. The molecule has 1 aliphatic rings. The number of thiophene rings is 1. The first-order valence-corrected chi connectivity index (χ1v) is 11.9. The maximum atomic E-state index is 13.2. The van der Waals surface area contributed by atoms with Crippen LogP contribution in [0.2, 0.25) is 10.0 Å².